The lowest BCUT2D eigenvalue weighted by atomic mass is 10.1. The van der Waals surface area contributed by atoms with Crippen LogP contribution in [0.4, 0.5) is 4.39 Å². The minimum Gasteiger partial charge on any atom is -0.206 e. The molecule has 13 heavy (non-hydrogen) atoms. The van der Waals surface area contributed by atoms with Crippen LogP contribution in [-0.4, -0.2) is 4.37 Å². The molecule has 0 aliphatic carbocycles. The summed E-state index contributed by atoms with van der Waals surface area (Å²) < 4.78 is 18.2. The van der Waals surface area contributed by atoms with E-state index in [0.29, 0.717) is 11.3 Å². The molecule has 0 amide bonds. The molecule has 1 heterocycles. The molecule has 0 unspecified atom stereocenters. The van der Waals surface area contributed by atoms with E-state index in [-0.39, 0.29) is 5.82 Å². The van der Waals surface area contributed by atoms with Crippen LogP contribution in [0.25, 0.3) is 11.3 Å². The maximum atomic E-state index is 13.2. The zero-order valence-electron chi connectivity index (χ0n) is 6.50. The summed E-state index contributed by atoms with van der Waals surface area (Å²) in [5.74, 6) is -0.236. The minimum absolute atomic E-state index is 0.236. The molecule has 0 aliphatic rings. The Balaban J connectivity index is 2.52. The van der Waals surface area contributed by atoms with E-state index in [1.165, 1.54) is 17.6 Å². The third-order valence-corrected chi connectivity index (χ3v) is 2.87. The van der Waals surface area contributed by atoms with Crippen LogP contribution in [0.3, 0.4) is 0 Å². The topological polar surface area (TPSA) is 12.9 Å². The summed E-state index contributed by atoms with van der Waals surface area (Å²) in [6, 6.07) is 8.43. The quantitative estimate of drug-likeness (QED) is 0.759. The van der Waals surface area contributed by atoms with Gasteiger partial charge in [-0.05, 0) is 45.7 Å². The predicted octanol–water partition coefficient (Wildman–Crippen LogP) is 3.71. The fourth-order valence-corrected chi connectivity index (χ4v) is 1.98. The first-order valence-electron chi connectivity index (χ1n) is 3.64. The van der Waals surface area contributed by atoms with Crippen molar-refractivity contribution in [1.29, 1.82) is 0 Å². The Bertz CT molecular complexity index is 427. The molecule has 0 saturated carbocycles. The molecule has 2 aromatic rings. The van der Waals surface area contributed by atoms with E-state index >= 15 is 0 Å². The van der Waals surface area contributed by atoms with Gasteiger partial charge in [-0.15, -0.1) is 0 Å². The van der Waals surface area contributed by atoms with Crippen molar-refractivity contribution in [3.63, 3.8) is 0 Å². The lowest BCUT2D eigenvalue weighted by molar-refractivity contribution is 0.631. The van der Waals surface area contributed by atoms with Gasteiger partial charge in [-0.25, -0.2) is 4.39 Å². The Morgan fingerprint density at radius 1 is 1.31 bits per heavy atom. The number of hydrogen-bond donors (Lipinski definition) is 0. The number of halogens is 2. The maximum absolute atomic E-state index is 13.2. The van der Waals surface area contributed by atoms with Crippen molar-refractivity contribution in [3.8, 4) is 11.3 Å². The van der Waals surface area contributed by atoms with E-state index in [1.54, 1.807) is 18.2 Å². The van der Waals surface area contributed by atoms with Gasteiger partial charge in [0.05, 0.1) is 9.48 Å². The molecule has 0 spiro atoms. The maximum Gasteiger partial charge on any atom is 0.132 e. The van der Waals surface area contributed by atoms with Gasteiger partial charge >= 0.3 is 0 Å². The van der Waals surface area contributed by atoms with Gasteiger partial charge in [-0.1, -0.05) is 12.1 Å². The highest BCUT2D eigenvalue weighted by molar-refractivity contribution is 9.11. The second kappa shape index (κ2) is 3.55. The van der Waals surface area contributed by atoms with Crippen LogP contribution < -0.4 is 0 Å². The van der Waals surface area contributed by atoms with E-state index in [9.17, 15) is 4.39 Å². The lowest BCUT2D eigenvalue weighted by Crippen LogP contribution is -1.81. The first kappa shape index (κ1) is 8.84. The lowest BCUT2D eigenvalue weighted by Gasteiger charge is -1.96. The molecule has 0 aliphatic heterocycles. The molecule has 0 fully saturated rings. The van der Waals surface area contributed by atoms with E-state index in [4.69, 9.17) is 0 Å². The van der Waals surface area contributed by atoms with Crippen molar-refractivity contribution in [2.45, 2.75) is 0 Å². The number of hydrogen-bond acceptors (Lipinski definition) is 2. The zero-order chi connectivity index (χ0) is 9.26. The van der Waals surface area contributed by atoms with Crippen LogP contribution in [0.2, 0.25) is 0 Å². The summed E-state index contributed by atoms with van der Waals surface area (Å²) in [7, 11) is 0. The van der Waals surface area contributed by atoms with Crippen molar-refractivity contribution in [1.82, 2.24) is 4.37 Å². The number of benzene rings is 1. The smallest absolute Gasteiger partial charge is 0.132 e. The molecule has 0 saturated heterocycles. The summed E-state index contributed by atoms with van der Waals surface area (Å²) in [5.41, 5.74) is 1.22. The van der Waals surface area contributed by atoms with Gasteiger partial charge in [-0.2, -0.15) is 4.37 Å². The monoisotopic (exact) mass is 257 g/mol. The normalized spacial score (nSPS) is 10.3. The Morgan fingerprint density at radius 3 is 2.69 bits per heavy atom. The molecule has 1 aromatic carbocycles. The van der Waals surface area contributed by atoms with E-state index < -0.39 is 0 Å². The van der Waals surface area contributed by atoms with Crippen molar-refractivity contribution >= 4 is 27.5 Å². The summed E-state index contributed by atoms with van der Waals surface area (Å²) in [4.78, 5) is 0. The molecule has 4 heteroatoms. The molecular weight excluding hydrogens is 253 g/mol. The number of nitrogens with zero attached hydrogens (tertiary/aromatic N) is 1. The summed E-state index contributed by atoms with van der Waals surface area (Å²) >= 11 is 4.60. The van der Waals surface area contributed by atoms with Gasteiger partial charge in [0.15, 0.2) is 0 Å². The third-order valence-electron chi connectivity index (χ3n) is 1.63. The molecule has 0 bridgehead atoms. The van der Waals surface area contributed by atoms with Crippen molar-refractivity contribution in [3.05, 3.63) is 39.9 Å². The highest BCUT2D eigenvalue weighted by atomic mass is 79.9. The Kier molecular flexibility index (Phi) is 2.42. The largest absolute Gasteiger partial charge is 0.206 e. The van der Waals surface area contributed by atoms with Gasteiger partial charge in [0.25, 0.3) is 0 Å². The van der Waals surface area contributed by atoms with Crippen LogP contribution in [-0.2, 0) is 0 Å². The van der Waals surface area contributed by atoms with Crippen LogP contribution >= 0.6 is 27.5 Å². The Labute approximate surface area is 87.5 Å². The highest BCUT2D eigenvalue weighted by Crippen LogP contribution is 2.26. The average molecular weight is 258 g/mol. The first-order valence-corrected chi connectivity index (χ1v) is 5.21. The SMILES string of the molecule is Fc1ccccc1-c1cc(Br)sn1. The molecule has 66 valence electrons. The van der Waals surface area contributed by atoms with E-state index in [0.717, 1.165) is 3.79 Å². The minimum atomic E-state index is -0.236. The van der Waals surface area contributed by atoms with Crippen LogP contribution in [0.5, 0.6) is 0 Å². The van der Waals surface area contributed by atoms with Gasteiger partial charge in [0, 0.05) is 5.56 Å². The van der Waals surface area contributed by atoms with Crippen molar-refractivity contribution in [2.75, 3.05) is 0 Å². The second-order valence-electron chi connectivity index (χ2n) is 2.50. The van der Waals surface area contributed by atoms with Crippen molar-refractivity contribution < 1.29 is 4.39 Å². The summed E-state index contributed by atoms with van der Waals surface area (Å²) in [6.07, 6.45) is 0. The number of aromatic nitrogens is 1. The molecule has 2 rings (SSSR count). The van der Waals surface area contributed by atoms with Crippen molar-refractivity contribution in [2.24, 2.45) is 0 Å². The van der Waals surface area contributed by atoms with Gasteiger partial charge in [0.2, 0.25) is 0 Å². The first-order chi connectivity index (χ1) is 6.27. The molecular formula is C9H5BrFNS. The van der Waals surface area contributed by atoms with Crippen LogP contribution in [0.15, 0.2) is 34.1 Å². The second-order valence-corrected chi connectivity index (χ2v) is 4.68. The standard InChI is InChI=1S/C9H5BrFNS/c10-9-5-8(12-13-9)6-3-1-2-4-7(6)11/h1-5H. The van der Waals surface area contributed by atoms with E-state index in [2.05, 4.69) is 20.3 Å². The van der Waals surface area contributed by atoms with Gasteiger partial charge in [0.1, 0.15) is 5.82 Å². The van der Waals surface area contributed by atoms with Crippen LogP contribution in [0.1, 0.15) is 0 Å². The average Bonchev–Trinajstić information content (AvgIpc) is 2.53. The van der Waals surface area contributed by atoms with E-state index in [1.807, 2.05) is 6.07 Å². The van der Waals surface area contributed by atoms with Gasteiger partial charge in [-0.3, -0.25) is 0 Å². The fraction of sp³-hybridized carbons (Fsp3) is 0. The zero-order valence-corrected chi connectivity index (χ0v) is 8.90. The summed E-state index contributed by atoms with van der Waals surface area (Å²) in [5, 5.41) is 0. The Hall–Kier alpha value is -0.740. The van der Waals surface area contributed by atoms with Gasteiger partial charge < -0.3 is 0 Å². The molecule has 1 nitrogen and oxygen atoms in total. The number of rotatable bonds is 1. The molecule has 0 atom stereocenters. The molecule has 1 aromatic heterocycles. The Morgan fingerprint density at radius 2 is 2.08 bits per heavy atom. The predicted molar refractivity (Wildman–Crippen MR) is 55.2 cm³/mol. The van der Waals surface area contributed by atoms with Crippen LogP contribution in [0, 0.1) is 5.82 Å². The fourth-order valence-electron chi connectivity index (χ4n) is 1.05. The third kappa shape index (κ3) is 1.78. The highest BCUT2D eigenvalue weighted by Gasteiger charge is 2.06. The molecule has 0 radical (unpaired) electrons. The molecule has 0 N–H and O–H groups in total. The summed E-state index contributed by atoms with van der Waals surface area (Å²) in [6.45, 7) is 0.